The van der Waals surface area contributed by atoms with E-state index in [4.69, 9.17) is 37.1 Å². The summed E-state index contributed by atoms with van der Waals surface area (Å²) in [6.45, 7) is 1.43. The van der Waals surface area contributed by atoms with Gasteiger partial charge in [0.25, 0.3) is 11.7 Å². The van der Waals surface area contributed by atoms with Crippen LogP contribution in [0.25, 0.3) is 11.0 Å². The summed E-state index contributed by atoms with van der Waals surface area (Å²) >= 11 is 11.9. The molecule has 3 aromatic carbocycles. The van der Waals surface area contributed by atoms with Crippen molar-refractivity contribution in [2.75, 3.05) is 11.9 Å². The zero-order chi connectivity index (χ0) is 26.7. The first-order valence-electron chi connectivity index (χ1n) is 10.9. The third-order valence-corrected chi connectivity index (χ3v) is 6.05. The van der Waals surface area contributed by atoms with E-state index < -0.39 is 35.6 Å². The number of hydrogen-bond donors (Lipinski definition) is 1. The zero-order valence-electron chi connectivity index (χ0n) is 19.1. The molecule has 4 rings (SSSR count). The third kappa shape index (κ3) is 6.00. The topological polar surface area (TPSA) is 77.8 Å². The Bertz CT molecular complexity index is 1520. The van der Waals surface area contributed by atoms with Crippen molar-refractivity contribution in [3.8, 4) is 17.2 Å². The van der Waals surface area contributed by atoms with E-state index in [0.29, 0.717) is 0 Å². The van der Waals surface area contributed by atoms with Gasteiger partial charge >= 0.3 is 6.18 Å². The van der Waals surface area contributed by atoms with Crippen molar-refractivity contribution in [3.63, 3.8) is 0 Å². The number of amides is 1. The number of nitrogens with one attached hydrogen (secondary N) is 1. The predicted octanol–water partition coefficient (Wildman–Crippen LogP) is 7.49. The average molecular weight is 552 g/mol. The summed E-state index contributed by atoms with van der Waals surface area (Å²) in [7, 11) is 0. The number of hydrogen-bond acceptors (Lipinski definition) is 5. The second kappa shape index (κ2) is 10.7. The Morgan fingerprint density at radius 1 is 1.03 bits per heavy atom. The minimum Gasteiger partial charge on any atom is -0.484 e. The molecule has 0 radical (unpaired) electrons. The van der Waals surface area contributed by atoms with Crippen LogP contribution in [0, 0.1) is 0 Å². The van der Waals surface area contributed by atoms with Gasteiger partial charge in [-0.1, -0.05) is 48.3 Å². The fourth-order valence-electron chi connectivity index (χ4n) is 3.37. The van der Waals surface area contributed by atoms with Gasteiger partial charge in [0.2, 0.25) is 11.2 Å². The van der Waals surface area contributed by atoms with Gasteiger partial charge in [0.05, 0.1) is 21.1 Å². The summed E-state index contributed by atoms with van der Waals surface area (Å²) in [4.78, 5) is 25.2. The van der Waals surface area contributed by atoms with Crippen molar-refractivity contribution in [3.05, 3.63) is 92.3 Å². The van der Waals surface area contributed by atoms with E-state index in [1.54, 1.807) is 24.3 Å². The Hall–Kier alpha value is -3.69. The van der Waals surface area contributed by atoms with E-state index in [9.17, 15) is 22.8 Å². The van der Waals surface area contributed by atoms with Crippen LogP contribution in [-0.4, -0.2) is 12.5 Å². The maximum absolute atomic E-state index is 13.8. The summed E-state index contributed by atoms with van der Waals surface area (Å²) in [5, 5.41) is 2.74. The molecule has 1 N–H and O–H groups in total. The van der Waals surface area contributed by atoms with E-state index in [1.807, 2.05) is 6.92 Å². The second-order valence-electron chi connectivity index (χ2n) is 7.78. The molecule has 6 nitrogen and oxygen atoms in total. The molecule has 0 atom stereocenters. The van der Waals surface area contributed by atoms with Gasteiger partial charge in [-0.25, -0.2) is 0 Å². The lowest BCUT2D eigenvalue weighted by atomic mass is 10.1. The van der Waals surface area contributed by atoms with Gasteiger partial charge in [-0.15, -0.1) is 0 Å². The standard InChI is InChI=1S/C26H18Cl2F3NO5/c1-2-14-6-8-15(9-7-14)36-24-23(34)17-11-10-16(12-20(17)37-25(24)26(29,30)31)35-13-21(33)32-19-5-3-4-18(27)22(19)28/h3-12H,2,13H2,1H3,(H,32,33). The molecule has 1 amide bonds. The van der Waals surface area contributed by atoms with Crippen LogP contribution in [0.15, 0.2) is 69.9 Å². The molecule has 0 saturated carbocycles. The predicted molar refractivity (Wildman–Crippen MR) is 134 cm³/mol. The summed E-state index contributed by atoms with van der Waals surface area (Å²) in [5.74, 6) is -3.11. The second-order valence-corrected chi connectivity index (χ2v) is 8.57. The molecule has 0 aliphatic carbocycles. The number of carbonyl (C=O) groups excluding carboxylic acids is 1. The summed E-state index contributed by atoms with van der Waals surface area (Å²) in [5.41, 5.74) is -0.181. The van der Waals surface area contributed by atoms with Crippen LogP contribution < -0.4 is 20.2 Å². The highest BCUT2D eigenvalue weighted by Crippen LogP contribution is 2.38. The first kappa shape index (κ1) is 26.4. The first-order valence-corrected chi connectivity index (χ1v) is 11.6. The maximum atomic E-state index is 13.8. The summed E-state index contributed by atoms with van der Waals surface area (Å²) in [6, 6.07) is 14.6. The molecule has 0 unspecified atom stereocenters. The Balaban J connectivity index is 1.59. The first-order chi connectivity index (χ1) is 17.6. The largest absolute Gasteiger partial charge is 0.484 e. The van der Waals surface area contributed by atoms with Crippen LogP contribution in [0.4, 0.5) is 18.9 Å². The molecule has 0 bridgehead atoms. The lowest BCUT2D eigenvalue weighted by molar-refractivity contribution is -0.154. The number of anilines is 1. The molecule has 0 fully saturated rings. The van der Waals surface area contributed by atoms with E-state index in [-0.39, 0.29) is 38.2 Å². The Labute approximate surface area is 218 Å². The highest BCUT2D eigenvalue weighted by molar-refractivity contribution is 6.44. The Morgan fingerprint density at radius 3 is 2.41 bits per heavy atom. The molecule has 0 aliphatic rings. The number of fused-ring (bicyclic) bond motifs is 1. The van der Waals surface area contributed by atoms with Crippen molar-refractivity contribution in [1.29, 1.82) is 0 Å². The van der Waals surface area contributed by atoms with Crippen molar-refractivity contribution < 1.29 is 31.9 Å². The zero-order valence-corrected chi connectivity index (χ0v) is 20.6. The maximum Gasteiger partial charge on any atom is 0.453 e. The SMILES string of the molecule is CCc1ccc(Oc2c(C(F)(F)F)oc3cc(OCC(=O)Nc4cccc(Cl)c4Cl)ccc3c2=O)cc1. The fourth-order valence-corrected chi connectivity index (χ4v) is 3.72. The highest BCUT2D eigenvalue weighted by atomic mass is 35.5. The number of ether oxygens (including phenoxy) is 2. The van der Waals surface area contributed by atoms with E-state index in [1.165, 1.54) is 30.3 Å². The molecule has 1 heterocycles. The minimum absolute atomic E-state index is 0.0000571. The molecule has 4 aromatic rings. The Morgan fingerprint density at radius 2 is 1.73 bits per heavy atom. The number of alkyl halides is 3. The number of benzene rings is 3. The van der Waals surface area contributed by atoms with Gasteiger partial charge in [-0.2, -0.15) is 13.2 Å². The van der Waals surface area contributed by atoms with Gasteiger partial charge in [0.1, 0.15) is 17.1 Å². The quantitative estimate of drug-likeness (QED) is 0.257. The molecule has 192 valence electrons. The molecule has 0 saturated heterocycles. The number of halogens is 5. The van der Waals surface area contributed by atoms with E-state index >= 15 is 0 Å². The molecular formula is C26H18Cl2F3NO5. The average Bonchev–Trinajstić information content (AvgIpc) is 2.86. The smallest absolute Gasteiger partial charge is 0.453 e. The monoisotopic (exact) mass is 551 g/mol. The Kier molecular flexibility index (Phi) is 7.65. The normalized spacial score (nSPS) is 11.4. The molecule has 1 aromatic heterocycles. The van der Waals surface area contributed by atoms with Crippen LogP contribution in [0.2, 0.25) is 10.0 Å². The molecule has 0 aliphatic heterocycles. The molecular weight excluding hydrogens is 534 g/mol. The van der Waals surface area contributed by atoms with Gasteiger partial charge < -0.3 is 19.2 Å². The number of rotatable bonds is 7. The van der Waals surface area contributed by atoms with Gasteiger partial charge in [0.15, 0.2) is 6.61 Å². The lowest BCUT2D eigenvalue weighted by Crippen LogP contribution is -2.20. The van der Waals surface area contributed by atoms with Crippen LogP contribution >= 0.6 is 23.2 Å². The van der Waals surface area contributed by atoms with Crippen LogP contribution in [0.5, 0.6) is 17.2 Å². The van der Waals surface area contributed by atoms with E-state index in [2.05, 4.69) is 5.32 Å². The van der Waals surface area contributed by atoms with Crippen molar-refractivity contribution >= 4 is 45.8 Å². The molecule has 37 heavy (non-hydrogen) atoms. The van der Waals surface area contributed by atoms with Crippen molar-refractivity contribution in [2.24, 2.45) is 0 Å². The van der Waals surface area contributed by atoms with Gasteiger partial charge in [-0.3, -0.25) is 9.59 Å². The number of aryl methyl sites for hydroxylation is 1. The van der Waals surface area contributed by atoms with Crippen LogP contribution in [0.3, 0.4) is 0 Å². The van der Waals surface area contributed by atoms with Gasteiger partial charge in [0, 0.05) is 6.07 Å². The van der Waals surface area contributed by atoms with Crippen molar-refractivity contribution in [1.82, 2.24) is 0 Å². The van der Waals surface area contributed by atoms with Gasteiger partial charge in [-0.05, 0) is 48.4 Å². The van der Waals surface area contributed by atoms with Crippen LogP contribution in [-0.2, 0) is 17.4 Å². The highest BCUT2D eigenvalue weighted by Gasteiger charge is 2.40. The van der Waals surface area contributed by atoms with Crippen molar-refractivity contribution in [2.45, 2.75) is 19.5 Å². The van der Waals surface area contributed by atoms with Crippen LogP contribution in [0.1, 0.15) is 18.2 Å². The third-order valence-electron chi connectivity index (χ3n) is 5.23. The minimum atomic E-state index is -5.01. The van der Waals surface area contributed by atoms with E-state index in [0.717, 1.165) is 18.1 Å². The summed E-state index contributed by atoms with van der Waals surface area (Å²) in [6.07, 6.45) is -4.29. The fraction of sp³-hybridized carbons (Fsp3) is 0.154. The summed E-state index contributed by atoms with van der Waals surface area (Å²) < 4.78 is 57.1. The lowest BCUT2D eigenvalue weighted by Gasteiger charge is -2.14. The molecule has 11 heteroatoms. The number of carbonyl (C=O) groups is 1. The molecule has 0 spiro atoms.